The Kier molecular flexibility index (Phi) is 4.09. The van der Waals surface area contributed by atoms with E-state index in [1.807, 2.05) is 6.07 Å². The molecule has 0 aliphatic carbocycles. The molecule has 0 radical (unpaired) electrons. The molecule has 0 saturated heterocycles. The van der Waals surface area contributed by atoms with Crippen LogP contribution in [0, 0.1) is 11.3 Å². The smallest absolute Gasteiger partial charge is 0.242 e. The zero-order chi connectivity index (χ0) is 14.8. The third-order valence-electron chi connectivity index (χ3n) is 2.57. The van der Waals surface area contributed by atoms with Crippen LogP contribution in [0.5, 0.6) is 0 Å². The highest BCUT2D eigenvalue weighted by Crippen LogP contribution is 2.22. The quantitative estimate of drug-likeness (QED) is 0.925. The van der Waals surface area contributed by atoms with Gasteiger partial charge in [0.1, 0.15) is 4.90 Å². The van der Waals surface area contributed by atoms with E-state index in [2.05, 4.69) is 9.82 Å². The number of sulfonamides is 1. The minimum absolute atomic E-state index is 0.0719. The van der Waals surface area contributed by atoms with Crippen LogP contribution in [0.4, 0.5) is 0 Å². The fourth-order valence-electron chi connectivity index (χ4n) is 1.60. The van der Waals surface area contributed by atoms with Crippen LogP contribution in [-0.2, 0) is 23.6 Å². The van der Waals surface area contributed by atoms with Gasteiger partial charge in [0.2, 0.25) is 10.0 Å². The largest absolute Gasteiger partial charge is 0.275 e. The number of nitriles is 1. The Balaban J connectivity index is 2.24. The molecule has 2 aromatic rings. The van der Waals surface area contributed by atoms with E-state index in [-0.39, 0.29) is 22.0 Å². The average Bonchev–Trinajstić information content (AvgIpc) is 2.83. The predicted molar refractivity (Wildman–Crippen MR) is 73.4 cm³/mol. The molecule has 1 heterocycles. The SMILES string of the molecule is Cn1cc(CNS(=O)(=O)c2cc(C#N)ccc2Cl)cn1. The molecule has 0 saturated carbocycles. The Hall–Kier alpha value is -1.88. The Morgan fingerprint density at radius 3 is 2.85 bits per heavy atom. The number of rotatable bonds is 4. The highest BCUT2D eigenvalue weighted by Gasteiger charge is 2.18. The molecule has 0 fully saturated rings. The Bertz CT molecular complexity index is 777. The molecule has 8 heteroatoms. The van der Waals surface area contributed by atoms with Gasteiger partial charge in [0.15, 0.2) is 0 Å². The first-order valence-corrected chi connectivity index (χ1v) is 7.45. The lowest BCUT2D eigenvalue weighted by atomic mass is 10.2. The summed E-state index contributed by atoms with van der Waals surface area (Å²) >= 11 is 5.88. The zero-order valence-electron chi connectivity index (χ0n) is 10.5. The highest BCUT2D eigenvalue weighted by molar-refractivity contribution is 7.89. The molecule has 0 amide bonds. The van der Waals surface area contributed by atoms with Crippen molar-refractivity contribution >= 4 is 21.6 Å². The standard InChI is InChI=1S/C12H11ClN4O2S/c1-17-8-10(6-15-17)7-16-20(18,19)12-4-9(5-14)2-3-11(12)13/h2-4,6,8,16H,7H2,1H3. The van der Waals surface area contributed by atoms with E-state index in [4.69, 9.17) is 16.9 Å². The normalized spacial score (nSPS) is 11.2. The molecule has 0 aliphatic heterocycles. The lowest BCUT2D eigenvalue weighted by Crippen LogP contribution is -2.23. The Morgan fingerprint density at radius 2 is 2.25 bits per heavy atom. The second-order valence-electron chi connectivity index (χ2n) is 4.10. The van der Waals surface area contributed by atoms with Crippen LogP contribution in [0.1, 0.15) is 11.1 Å². The second kappa shape index (κ2) is 5.63. The monoisotopic (exact) mass is 310 g/mol. The van der Waals surface area contributed by atoms with Gasteiger partial charge in [0.05, 0.1) is 22.9 Å². The fraction of sp³-hybridized carbons (Fsp3) is 0.167. The Morgan fingerprint density at radius 1 is 1.50 bits per heavy atom. The van der Waals surface area contributed by atoms with Gasteiger partial charge in [0, 0.05) is 25.4 Å². The molecular formula is C12H11ClN4O2S. The van der Waals surface area contributed by atoms with Gasteiger partial charge in [-0.05, 0) is 18.2 Å². The van der Waals surface area contributed by atoms with Gasteiger partial charge in [-0.25, -0.2) is 13.1 Å². The number of benzene rings is 1. The van der Waals surface area contributed by atoms with Gasteiger partial charge < -0.3 is 0 Å². The van der Waals surface area contributed by atoms with Crippen molar-refractivity contribution in [3.05, 3.63) is 46.7 Å². The molecule has 20 heavy (non-hydrogen) atoms. The maximum atomic E-state index is 12.2. The highest BCUT2D eigenvalue weighted by atomic mass is 35.5. The number of hydrogen-bond acceptors (Lipinski definition) is 4. The van der Waals surface area contributed by atoms with Crippen LogP contribution >= 0.6 is 11.6 Å². The summed E-state index contributed by atoms with van der Waals surface area (Å²) in [5.74, 6) is 0. The number of nitrogens with zero attached hydrogens (tertiary/aromatic N) is 3. The third kappa shape index (κ3) is 3.17. The van der Waals surface area contributed by atoms with Crippen molar-refractivity contribution in [3.63, 3.8) is 0 Å². The minimum Gasteiger partial charge on any atom is -0.275 e. The first kappa shape index (κ1) is 14.5. The number of hydrogen-bond donors (Lipinski definition) is 1. The number of halogens is 1. The summed E-state index contributed by atoms with van der Waals surface area (Å²) in [6.45, 7) is 0.100. The van der Waals surface area contributed by atoms with E-state index in [1.165, 1.54) is 18.2 Å². The molecule has 0 aliphatic rings. The summed E-state index contributed by atoms with van der Waals surface area (Å²) in [4.78, 5) is -0.109. The van der Waals surface area contributed by atoms with Crippen molar-refractivity contribution in [3.8, 4) is 6.07 Å². The molecule has 104 valence electrons. The average molecular weight is 311 g/mol. The van der Waals surface area contributed by atoms with Crippen LogP contribution in [0.3, 0.4) is 0 Å². The summed E-state index contributed by atoms with van der Waals surface area (Å²) < 4.78 is 28.3. The number of aromatic nitrogens is 2. The van der Waals surface area contributed by atoms with Crippen LogP contribution < -0.4 is 4.72 Å². The predicted octanol–water partition coefficient (Wildman–Crippen LogP) is 1.42. The number of nitrogens with one attached hydrogen (secondary N) is 1. The van der Waals surface area contributed by atoms with Gasteiger partial charge in [0.25, 0.3) is 0 Å². The molecule has 0 spiro atoms. The van der Waals surface area contributed by atoms with Crippen molar-refractivity contribution in [2.24, 2.45) is 7.05 Å². The summed E-state index contributed by atoms with van der Waals surface area (Å²) in [7, 11) is -2.04. The van der Waals surface area contributed by atoms with Gasteiger partial charge in [-0.1, -0.05) is 11.6 Å². The lowest BCUT2D eigenvalue weighted by molar-refractivity contribution is 0.581. The summed E-state index contributed by atoms with van der Waals surface area (Å²) in [6.07, 6.45) is 3.27. The van der Waals surface area contributed by atoms with Gasteiger partial charge >= 0.3 is 0 Å². The number of aryl methyl sites for hydroxylation is 1. The maximum Gasteiger partial charge on any atom is 0.242 e. The minimum atomic E-state index is -3.78. The molecule has 1 aromatic carbocycles. The first-order chi connectivity index (χ1) is 9.42. The molecule has 6 nitrogen and oxygen atoms in total. The molecule has 1 N–H and O–H groups in total. The summed E-state index contributed by atoms with van der Waals surface area (Å²) in [5, 5.41) is 12.8. The van der Waals surface area contributed by atoms with Gasteiger partial charge in [-0.2, -0.15) is 10.4 Å². The zero-order valence-corrected chi connectivity index (χ0v) is 12.1. The van der Waals surface area contributed by atoms with Crippen molar-refractivity contribution < 1.29 is 8.42 Å². The van der Waals surface area contributed by atoms with E-state index in [0.29, 0.717) is 0 Å². The topological polar surface area (TPSA) is 87.8 Å². The van der Waals surface area contributed by atoms with Crippen LogP contribution in [0.15, 0.2) is 35.5 Å². The second-order valence-corrected chi connectivity index (χ2v) is 6.25. The van der Waals surface area contributed by atoms with Crippen molar-refractivity contribution in [1.29, 1.82) is 5.26 Å². The molecule has 0 bridgehead atoms. The molecular weight excluding hydrogens is 300 g/mol. The van der Waals surface area contributed by atoms with E-state index in [1.54, 1.807) is 24.1 Å². The van der Waals surface area contributed by atoms with Crippen molar-refractivity contribution in [2.75, 3.05) is 0 Å². The van der Waals surface area contributed by atoms with Crippen LogP contribution in [0.2, 0.25) is 5.02 Å². The van der Waals surface area contributed by atoms with E-state index < -0.39 is 10.0 Å². The van der Waals surface area contributed by atoms with Crippen LogP contribution in [0.25, 0.3) is 0 Å². The van der Waals surface area contributed by atoms with Crippen molar-refractivity contribution in [2.45, 2.75) is 11.4 Å². The first-order valence-electron chi connectivity index (χ1n) is 5.59. The summed E-state index contributed by atoms with van der Waals surface area (Å²) in [5.41, 5.74) is 0.958. The fourth-order valence-corrected chi connectivity index (χ4v) is 3.14. The molecule has 2 rings (SSSR count). The van der Waals surface area contributed by atoms with Crippen molar-refractivity contribution in [1.82, 2.24) is 14.5 Å². The lowest BCUT2D eigenvalue weighted by Gasteiger charge is -2.07. The molecule has 0 unspecified atom stereocenters. The molecule has 1 aromatic heterocycles. The summed E-state index contributed by atoms with van der Waals surface area (Å²) in [6, 6.07) is 5.97. The third-order valence-corrected chi connectivity index (χ3v) is 4.46. The van der Waals surface area contributed by atoms with Crippen LogP contribution in [-0.4, -0.2) is 18.2 Å². The van der Waals surface area contributed by atoms with E-state index in [0.717, 1.165) is 5.56 Å². The van der Waals surface area contributed by atoms with Gasteiger partial charge in [-0.15, -0.1) is 0 Å². The maximum absolute atomic E-state index is 12.2. The van der Waals surface area contributed by atoms with Gasteiger partial charge in [-0.3, -0.25) is 4.68 Å². The Labute approximate surface area is 121 Å². The van der Waals surface area contributed by atoms with E-state index in [9.17, 15) is 8.42 Å². The molecule has 0 atom stereocenters. The van der Waals surface area contributed by atoms with E-state index >= 15 is 0 Å².